The topological polar surface area (TPSA) is 42.2 Å². The predicted molar refractivity (Wildman–Crippen MR) is 69.1 cm³/mol. The highest BCUT2D eigenvalue weighted by molar-refractivity contribution is 5.32. The van der Waals surface area contributed by atoms with Crippen molar-refractivity contribution in [2.45, 2.75) is 38.4 Å². The van der Waals surface area contributed by atoms with Gasteiger partial charge in [-0.15, -0.1) is 0 Å². The van der Waals surface area contributed by atoms with Gasteiger partial charge in [0.1, 0.15) is 6.10 Å². The van der Waals surface area contributed by atoms with Crippen molar-refractivity contribution in [3.8, 4) is 6.07 Å². The third-order valence-corrected chi connectivity index (χ3v) is 3.26. The Morgan fingerprint density at radius 1 is 1.22 bits per heavy atom. The average molecular weight is 245 g/mol. The molecule has 18 heavy (non-hydrogen) atoms. The molecule has 0 radical (unpaired) electrons. The van der Waals surface area contributed by atoms with Gasteiger partial charge in [0.2, 0.25) is 0 Å². The number of ether oxygens (including phenoxy) is 2. The van der Waals surface area contributed by atoms with Gasteiger partial charge in [0.05, 0.1) is 31.0 Å². The van der Waals surface area contributed by atoms with E-state index in [0.29, 0.717) is 18.8 Å². The molecule has 0 aliphatic carbocycles. The van der Waals surface area contributed by atoms with Crippen molar-refractivity contribution < 1.29 is 9.47 Å². The monoisotopic (exact) mass is 245 g/mol. The molecule has 0 spiro atoms. The Hall–Kier alpha value is -1.37. The molecule has 96 valence electrons. The highest BCUT2D eigenvalue weighted by atomic mass is 16.6. The molecule has 2 rings (SSSR count). The van der Waals surface area contributed by atoms with Crippen LogP contribution in [0, 0.1) is 11.3 Å². The maximum absolute atomic E-state index is 8.75. The minimum atomic E-state index is 0.00983. The van der Waals surface area contributed by atoms with Crippen molar-refractivity contribution in [3.05, 3.63) is 35.4 Å². The Morgan fingerprint density at radius 3 is 2.56 bits per heavy atom. The Kier molecular flexibility index (Phi) is 4.74. The fourth-order valence-electron chi connectivity index (χ4n) is 2.11. The van der Waals surface area contributed by atoms with Crippen molar-refractivity contribution in [1.82, 2.24) is 0 Å². The van der Waals surface area contributed by atoms with Crippen LogP contribution in [0.5, 0.6) is 0 Å². The molecule has 0 N–H and O–H groups in total. The summed E-state index contributed by atoms with van der Waals surface area (Å²) in [5.41, 5.74) is 1.76. The van der Waals surface area contributed by atoms with Gasteiger partial charge in [-0.25, -0.2) is 0 Å². The zero-order chi connectivity index (χ0) is 12.8. The Labute approximate surface area is 108 Å². The van der Waals surface area contributed by atoms with E-state index in [9.17, 15) is 0 Å². The molecule has 3 nitrogen and oxygen atoms in total. The Balaban J connectivity index is 1.87. The van der Waals surface area contributed by atoms with Gasteiger partial charge in [-0.05, 0) is 24.1 Å². The minimum absolute atomic E-state index is 0.00983. The number of nitriles is 1. The van der Waals surface area contributed by atoms with Crippen molar-refractivity contribution in [2.75, 3.05) is 13.2 Å². The third kappa shape index (κ3) is 3.32. The number of nitrogens with zero attached hydrogens (tertiary/aromatic N) is 1. The van der Waals surface area contributed by atoms with Crippen molar-refractivity contribution in [2.24, 2.45) is 0 Å². The predicted octanol–water partition coefficient (Wildman–Crippen LogP) is 3.20. The zero-order valence-electron chi connectivity index (χ0n) is 10.8. The van der Waals surface area contributed by atoms with E-state index in [1.165, 1.54) is 12.8 Å². The van der Waals surface area contributed by atoms with Crippen LogP contribution in [0.4, 0.5) is 0 Å². The van der Waals surface area contributed by atoms with Crippen LogP contribution in [-0.2, 0) is 9.47 Å². The lowest BCUT2D eigenvalue weighted by atomic mass is 10.1. The standard InChI is InChI=1S/C15H19NO2/c1-2-3-4-14-10-18-15(11-17-14)13-7-5-12(9-16)6-8-13/h5-8,14-15H,2-4,10-11H2,1H3. The van der Waals surface area contributed by atoms with E-state index in [-0.39, 0.29) is 12.2 Å². The molecule has 0 aromatic heterocycles. The second kappa shape index (κ2) is 6.53. The van der Waals surface area contributed by atoms with Crippen LogP contribution in [0.25, 0.3) is 0 Å². The van der Waals surface area contributed by atoms with E-state index >= 15 is 0 Å². The van der Waals surface area contributed by atoms with Crippen LogP contribution in [0.15, 0.2) is 24.3 Å². The largest absolute Gasteiger partial charge is 0.373 e. The molecule has 1 saturated heterocycles. The lowest BCUT2D eigenvalue weighted by Crippen LogP contribution is -2.31. The van der Waals surface area contributed by atoms with Crippen LogP contribution in [0.3, 0.4) is 0 Å². The van der Waals surface area contributed by atoms with Gasteiger partial charge >= 0.3 is 0 Å². The van der Waals surface area contributed by atoms with Crippen LogP contribution >= 0.6 is 0 Å². The van der Waals surface area contributed by atoms with Gasteiger partial charge in [-0.2, -0.15) is 5.26 Å². The van der Waals surface area contributed by atoms with E-state index in [2.05, 4.69) is 13.0 Å². The first kappa shape index (κ1) is 13.1. The van der Waals surface area contributed by atoms with Gasteiger partial charge in [-0.3, -0.25) is 0 Å². The van der Waals surface area contributed by atoms with E-state index < -0.39 is 0 Å². The van der Waals surface area contributed by atoms with E-state index in [4.69, 9.17) is 14.7 Å². The second-order valence-electron chi connectivity index (χ2n) is 4.65. The van der Waals surface area contributed by atoms with Crippen LogP contribution in [-0.4, -0.2) is 19.3 Å². The first-order chi connectivity index (χ1) is 8.83. The lowest BCUT2D eigenvalue weighted by Gasteiger charge is -2.29. The van der Waals surface area contributed by atoms with Crippen LogP contribution in [0.2, 0.25) is 0 Å². The number of benzene rings is 1. The highest BCUT2D eigenvalue weighted by Crippen LogP contribution is 2.24. The van der Waals surface area contributed by atoms with Crippen LogP contribution < -0.4 is 0 Å². The molecule has 1 aliphatic heterocycles. The number of hydrogen-bond donors (Lipinski definition) is 0. The molecule has 1 aromatic rings. The summed E-state index contributed by atoms with van der Waals surface area (Å²) < 4.78 is 11.7. The molecule has 1 heterocycles. The SMILES string of the molecule is CCCCC1COC(c2ccc(C#N)cc2)CO1. The summed E-state index contributed by atoms with van der Waals surface area (Å²) in [4.78, 5) is 0. The minimum Gasteiger partial charge on any atom is -0.373 e. The molecule has 2 atom stereocenters. The Bertz CT molecular complexity index is 399. The third-order valence-electron chi connectivity index (χ3n) is 3.26. The first-order valence-electron chi connectivity index (χ1n) is 6.56. The Morgan fingerprint density at radius 2 is 2.00 bits per heavy atom. The molecular formula is C15H19NO2. The number of rotatable bonds is 4. The molecule has 0 saturated carbocycles. The summed E-state index contributed by atoms with van der Waals surface area (Å²) in [7, 11) is 0. The second-order valence-corrected chi connectivity index (χ2v) is 4.65. The quantitative estimate of drug-likeness (QED) is 0.818. The molecule has 1 aromatic carbocycles. The number of hydrogen-bond acceptors (Lipinski definition) is 3. The summed E-state index contributed by atoms with van der Waals surface area (Å²) in [6.45, 7) is 3.47. The van der Waals surface area contributed by atoms with Gasteiger partial charge in [0.25, 0.3) is 0 Å². The van der Waals surface area contributed by atoms with E-state index in [1.54, 1.807) is 0 Å². The molecule has 1 fully saturated rings. The summed E-state index contributed by atoms with van der Waals surface area (Å²) >= 11 is 0. The molecule has 0 amide bonds. The maximum Gasteiger partial charge on any atom is 0.106 e. The van der Waals surface area contributed by atoms with Gasteiger partial charge < -0.3 is 9.47 Å². The number of unbranched alkanes of at least 4 members (excludes halogenated alkanes) is 1. The maximum atomic E-state index is 8.75. The summed E-state index contributed by atoms with van der Waals surface area (Å²) in [6, 6.07) is 9.64. The first-order valence-corrected chi connectivity index (χ1v) is 6.56. The smallest absolute Gasteiger partial charge is 0.106 e. The molecular weight excluding hydrogens is 226 g/mol. The summed E-state index contributed by atoms with van der Waals surface area (Å²) in [5, 5.41) is 8.75. The summed E-state index contributed by atoms with van der Waals surface area (Å²) in [5.74, 6) is 0. The summed E-state index contributed by atoms with van der Waals surface area (Å²) in [6.07, 6.45) is 3.72. The van der Waals surface area contributed by atoms with Crippen molar-refractivity contribution in [3.63, 3.8) is 0 Å². The van der Waals surface area contributed by atoms with Gasteiger partial charge in [0, 0.05) is 0 Å². The fraction of sp³-hybridized carbons (Fsp3) is 0.533. The lowest BCUT2D eigenvalue weighted by molar-refractivity contribution is -0.137. The molecule has 0 bridgehead atoms. The normalized spacial score (nSPS) is 23.6. The van der Waals surface area contributed by atoms with Gasteiger partial charge in [0.15, 0.2) is 0 Å². The van der Waals surface area contributed by atoms with Crippen molar-refractivity contribution in [1.29, 1.82) is 5.26 Å². The van der Waals surface area contributed by atoms with E-state index in [1.807, 2.05) is 24.3 Å². The van der Waals surface area contributed by atoms with Gasteiger partial charge in [-0.1, -0.05) is 31.9 Å². The fourth-order valence-corrected chi connectivity index (χ4v) is 2.11. The zero-order valence-corrected chi connectivity index (χ0v) is 10.8. The molecule has 1 aliphatic rings. The van der Waals surface area contributed by atoms with E-state index in [0.717, 1.165) is 12.0 Å². The average Bonchev–Trinajstić information content (AvgIpc) is 2.46. The van der Waals surface area contributed by atoms with Crippen molar-refractivity contribution >= 4 is 0 Å². The molecule has 2 unspecified atom stereocenters. The van der Waals surface area contributed by atoms with Crippen LogP contribution in [0.1, 0.15) is 43.4 Å². The highest BCUT2D eigenvalue weighted by Gasteiger charge is 2.22. The molecule has 3 heteroatoms.